The molecule has 1 rings (SSSR count). The normalized spacial score (nSPS) is 12.7. The minimum Gasteiger partial charge on any atom is -0.386 e. The molecular weight excluding hydrogens is 222 g/mol. The van der Waals surface area contributed by atoms with Crippen molar-refractivity contribution in [1.82, 2.24) is 10.3 Å². The van der Waals surface area contributed by atoms with Crippen molar-refractivity contribution in [2.45, 2.75) is 46.2 Å². The molecule has 0 bridgehead atoms. The molecule has 0 aliphatic carbocycles. The van der Waals surface area contributed by atoms with Crippen LogP contribution in [0.2, 0.25) is 0 Å². The maximum Gasteiger partial charge on any atom is 0.0462 e. The van der Waals surface area contributed by atoms with Crippen molar-refractivity contribution in [3.05, 3.63) is 41.9 Å². The fourth-order valence-corrected chi connectivity index (χ4v) is 1.53. The summed E-state index contributed by atoms with van der Waals surface area (Å²) in [5, 5.41) is 3.43. The lowest BCUT2D eigenvalue weighted by Crippen LogP contribution is -2.23. The second-order valence-electron chi connectivity index (χ2n) is 4.88. The van der Waals surface area contributed by atoms with Crippen LogP contribution in [0.15, 0.2) is 41.2 Å². The number of rotatable bonds is 6. The molecule has 1 N–H and O–H groups in total. The van der Waals surface area contributed by atoms with Crippen LogP contribution < -0.4 is 5.32 Å². The highest BCUT2D eigenvalue weighted by molar-refractivity contribution is 5.72. The number of aliphatic imine (C=N–C) groups is 1. The predicted molar refractivity (Wildman–Crippen MR) is 77.9 cm³/mol. The van der Waals surface area contributed by atoms with Crippen LogP contribution in [0, 0.1) is 0 Å². The third-order valence-electron chi connectivity index (χ3n) is 2.23. The molecule has 0 amide bonds. The van der Waals surface area contributed by atoms with Crippen LogP contribution >= 0.6 is 0 Å². The lowest BCUT2D eigenvalue weighted by Gasteiger charge is -2.13. The molecule has 0 radical (unpaired) electrons. The minimum atomic E-state index is 0.330. The first-order valence-electron chi connectivity index (χ1n) is 6.46. The Kier molecular flexibility index (Phi) is 6.12. The van der Waals surface area contributed by atoms with Crippen LogP contribution in [0.25, 0.3) is 0 Å². The van der Waals surface area contributed by atoms with Gasteiger partial charge in [-0.1, -0.05) is 6.07 Å². The summed E-state index contributed by atoms with van der Waals surface area (Å²) in [6, 6.07) is 6.72. The maximum absolute atomic E-state index is 4.35. The minimum absolute atomic E-state index is 0.330. The highest BCUT2D eigenvalue weighted by Gasteiger charge is 2.01. The molecular formula is C15H23N3. The van der Waals surface area contributed by atoms with Gasteiger partial charge in [0.15, 0.2) is 0 Å². The third-order valence-corrected chi connectivity index (χ3v) is 2.23. The Labute approximate surface area is 110 Å². The largest absolute Gasteiger partial charge is 0.386 e. The SMILES string of the molecule is CC(C)N=C/C=C(/Cc1ccccn1)NC(C)C. The average Bonchev–Trinajstić information content (AvgIpc) is 2.28. The van der Waals surface area contributed by atoms with Crippen LogP contribution in [0.1, 0.15) is 33.4 Å². The number of hydrogen-bond acceptors (Lipinski definition) is 3. The van der Waals surface area contributed by atoms with Gasteiger partial charge in [0.25, 0.3) is 0 Å². The van der Waals surface area contributed by atoms with Crippen LogP contribution in [-0.4, -0.2) is 23.3 Å². The summed E-state index contributed by atoms with van der Waals surface area (Å²) in [6.45, 7) is 8.40. The van der Waals surface area contributed by atoms with Crippen LogP contribution in [-0.2, 0) is 6.42 Å². The first kappa shape index (κ1) is 14.4. The van der Waals surface area contributed by atoms with Gasteiger partial charge < -0.3 is 5.32 Å². The molecule has 18 heavy (non-hydrogen) atoms. The summed E-state index contributed by atoms with van der Waals surface area (Å²) >= 11 is 0. The molecule has 0 aromatic carbocycles. The Morgan fingerprint density at radius 1 is 1.33 bits per heavy atom. The number of hydrogen-bond donors (Lipinski definition) is 1. The molecule has 0 atom stereocenters. The monoisotopic (exact) mass is 245 g/mol. The topological polar surface area (TPSA) is 37.3 Å². The van der Waals surface area contributed by atoms with Crippen molar-refractivity contribution in [2.24, 2.45) is 4.99 Å². The highest BCUT2D eigenvalue weighted by Crippen LogP contribution is 2.03. The van der Waals surface area contributed by atoms with Gasteiger partial charge in [-0.05, 0) is 45.9 Å². The molecule has 0 saturated heterocycles. The zero-order valence-corrected chi connectivity index (χ0v) is 11.7. The van der Waals surface area contributed by atoms with Gasteiger partial charge in [-0.2, -0.15) is 0 Å². The van der Waals surface area contributed by atoms with Crippen molar-refractivity contribution in [1.29, 1.82) is 0 Å². The fraction of sp³-hybridized carbons (Fsp3) is 0.467. The Morgan fingerprint density at radius 2 is 2.11 bits per heavy atom. The van der Waals surface area contributed by atoms with Crippen molar-refractivity contribution in [3.63, 3.8) is 0 Å². The molecule has 3 heteroatoms. The Morgan fingerprint density at radius 3 is 2.67 bits per heavy atom. The van der Waals surface area contributed by atoms with Gasteiger partial charge in [-0.15, -0.1) is 0 Å². The van der Waals surface area contributed by atoms with Crippen LogP contribution in [0.4, 0.5) is 0 Å². The van der Waals surface area contributed by atoms with Crippen LogP contribution in [0.5, 0.6) is 0 Å². The summed E-state index contributed by atoms with van der Waals surface area (Å²) in [5.74, 6) is 0. The van der Waals surface area contributed by atoms with Gasteiger partial charge >= 0.3 is 0 Å². The number of nitrogens with zero attached hydrogens (tertiary/aromatic N) is 2. The van der Waals surface area contributed by atoms with E-state index in [1.807, 2.05) is 36.7 Å². The van der Waals surface area contributed by atoms with Crippen molar-refractivity contribution < 1.29 is 0 Å². The lowest BCUT2D eigenvalue weighted by atomic mass is 10.2. The van der Waals surface area contributed by atoms with E-state index in [1.165, 1.54) is 0 Å². The third kappa shape index (κ3) is 6.18. The summed E-state index contributed by atoms with van der Waals surface area (Å²) in [5.41, 5.74) is 2.21. The van der Waals surface area contributed by atoms with Gasteiger partial charge in [0.2, 0.25) is 0 Å². The second kappa shape index (κ2) is 7.64. The van der Waals surface area contributed by atoms with Gasteiger partial charge in [0.05, 0.1) is 0 Å². The summed E-state index contributed by atoms with van der Waals surface area (Å²) in [6.07, 6.45) is 6.54. The van der Waals surface area contributed by atoms with E-state index in [0.717, 1.165) is 17.8 Å². The molecule has 0 fully saturated rings. The number of allylic oxidation sites excluding steroid dienone is 2. The highest BCUT2D eigenvalue weighted by atomic mass is 14.9. The molecule has 0 saturated carbocycles. The van der Waals surface area contributed by atoms with Gasteiger partial charge in [0.1, 0.15) is 0 Å². The van der Waals surface area contributed by atoms with Crippen molar-refractivity contribution in [2.75, 3.05) is 0 Å². The Hall–Kier alpha value is -1.64. The van der Waals surface area contributed by atoms with Gasteiger partial charge in [0, 0.05) is 42.3 Å². The quantitative estimate of drug-likeness (QED) is 0.782. The zero-order valence-electron chi connectivity index (χ0n) is 11.7. The molecule has 0 aliphatic rings. The van der Waals surface area contributed by atoms with E-state index in [1.54, 1.807) is 0 Å². The number of nitrogens with one attached hydrogen (secondary N) is 1. The van der Waals surface area contributed by atoms with Gasteiger partial charge in [-0.3, -0.25) is 9.98 Å². The molecule has 0 aliphatic heterocycles. The average molecular weight is 245 g/mol. The zero-order chi connectivity index (χ0) is 13.4. The summed E-state index contributed by atoms with van der Waals surface area (Å²) in [4.78, 5) is 8.70. The van der Waals surface area contributed by atoms with Crippen molar-refractivity contribution in [3.8, 4) is 0 Å². The Bertz CT molecular complexity index is 391. The Balaban J connectivity index is 2.72. The smallest absolute Gasteiger partial charge is 0.0462 e. The lowest BCUT2D eigenvalue weighted by molar-refractivity contribution is 0.653. The van der Waals surface area contributed by atoms with E-state index in [0.29, 0.717) is 12.1 Å². The number of aromatic nitrogens is 1. The standard InChI is InChI=1S/C15H23N3/c1-12(2)16-10-8-15(18-13(3)4)11-14-7-5-6-9-17-14/h5-10,12-13,18H,11H2,1-4H3/b15-8-,16-10?. The summed E-state index contributed by atoms with van der Waals surface area (Å²) in [7, 11) is 0. The first-order valence-corrected chi connectivity index (χ1v) is 6.46. The molecule has 0 spiro atoms. The van der Waals surface area contributed by atoms with E-state index in [4.69, 9.17) is 0 Å². The molecule has 3 nitrogen and oxygen atoms in total. The van der Waals surface area contributed by atoms with E-state index >= 15 is 0 Å². The first-order chi connectivity index (χ1) is 8.58. The summed E-state index contributed by atoms with van der Waals surface area (Å²) < 4.78 is 0. The molecule has 1 heterocycles. The van der Waals surface area contributed by atoms with E-state index in [9.17, 15) is 0 Å². The van der Waals surface area contributed by atoms with Crippen LogP contribution in [0.3, 0.4) is 0 Å². The molecule has 1 aromatic heterocycles. The van der Waals surface area contributed by atoms with Gasteiger partial charge in [-0.25, -0.2) is 0 Å². The fourth-order valence-electron chi connectivity index (χ4n) is 1.53. The van der Waals surface area contributed by atoms with E-state index < -0.39 is 0 Å². The van der Waals surface area contributed by atoms with E-state index in [-0.39, 0.29) is 0 Å². The predicted octanol–water partition coefficient (Wildman–Crippen LogP) is 2.99. The van der Waals surface area contributed by atoms with Crippen molar-refractivity contribution >= 4 is 6.21 Å². The maximum atomic E-state index is 4.35. The second-order valence-corrected chi connectivity index (χ2v) is 4.88. The molecule has 98 valence electrons. The number of pyridine rings is 1. The van der Waals surface area contributed by atoms with E-state index in [2.05, 4.69) is 43.0 Å². The molecule has 1 aromatic rings. The molecule has 0 unspecified atom stereocenters.